The molecule has 1 aliphatic heterocycles. The van der Waals surface area contributed by atoms with Crippen LogP contribution in [0.2, 0.25) is 0 Å². The highest BCUT2D eigenvalue weighted by atomic mass is 15.2. The second-order valence-electron chi connectivity index (χ2n) is 3.70. The van der Waals surface area contributed by atoms with Gasteiger partial charge in [-0.15, -0.1) is 0 Å². The van der Waals surface area contributed by atoms with Crippen LogP contribution in [0.5, 0.6) is 0 Å². The molecule has 1 aliphatic rings. The van der Waals surface area contributed by atoms with Crippen LogP contribution in [-0.4, -0.2) is 30.6 Å². The maximum Gasteiger partial charge on any atom is 0.0105 e. The third-order valence-electron chi connectivity index (χ3n) is 2.58. The zero-order valence-electron chi connectivity index (χ0n) is 7.71. The van der Waals surface area contributed by atoms with E-state index in [4.69, 9.17) is 5.73 Å². The lowest BCUT2D eigenvalue weighted by atomic mass is 9.97. The van der Waals surface area contributed by atoms with Crippen LogP contribution in [0.15, 0.2) is 0 Å². The molecule has 0 aromatic heterocycles. The normalized spacial score (nSPS) is 23.2. The minimum absolute atomic E-state index is 0.760. The summed E-state index contributed by atoms with van der Waals surface area (Å²) in [6, 6.07) is 0.760. The predicted molar refractivity (Wildman–Crippen MR) is 48.5 cm³/mol. The molecule has 0 saturated carbocycles. The first kappa shape index (κ1) is 9.01. The van der Waals surface area contributed by atoms with Crippen LogP contribution in [0.25, 0.3) is 0 Å². The lowest BCUT2D eigenvalue weighted by Gasteiger charge is -2.42. The first-order valence-corrected chi connectivity index (χ1v) is 4.72. The summed E-state index contributed by atoms with van der Waals surface area (Å²) in [6.07, 6.45) is 2.42. The van der Waals surface area contributed by atoms with E-state index < -0.39 is 0 Å². The van der Waals surface area contributed by atoms with Crippen molar-refractivity contribution in [2.45, 2.75) is 32.7 Å². The third kappa shape index (κ3) is 2.17. The molecule has 66 valence electrons. The molecule has 2 nitrogen and oxygen atoms in total. The molecule has 1 rings (SSSR count). The van der Waals surface area contributed by atoms with Gasteiger partial charge in [0, 0.05) is 19.1 Å². The number of rotatable bonds is 4. The molecule has 0 aromatic carbocycles. The largest absolute Gasteiger partial charge is 0.330 e. The highest BCUT2D eigenvalue weighted by molar-refractivity contribution is 4.82. The first-order chi connectivity index (χ1) is 5.27. The van der Waals surface area contributed by atoms with E-state index >= 15 is 0 Å². The van der Waals surface area contributed by atoms with Gasteiger partial charge in [-0.25, -0.2) is 0 Å². The summed E-state index contributed by atoms with van der Waals surface area (Å²) in [7, 11) is 0. The van der Waals surface area contributed by atoms with Gasteiger partial charge >= 0.3 is 0 Å². The summed E-state index contributed by atoms with van der Waals surface area (Å²) >= 11 is 0. The number of nitrogens with zero attached hydrogens (tertiary/aromatic N) is 1. The van der Waals surface area contributed by atoms with E-state index in [1.807, 2.05) is 0 Å². The number of hydrogen-bond donors (Lipinski definition) is 1. The van der Waals surface area contributed by atoms with Crippen LogP contribution < -0.4 is 5.73 Å². The molecule has 11 heavy (non-hydrogen) atoms. The molecule has 2 heteroatoms. The van der Waals surface area contributed by atoms with E-state index in [9.17, 15) is 0 Å². The standard InChI is InChI=1S/C9H20N2/c1-3-9(4-5-10)11-6-8(2)7-11/h8-9H,3-7,10H2,1-2H3. The molecule has 1 saturated heterocycles. The van der Waals surface area contributed by atoms with Crippen LogP contribution in [0, 0.1) is 5.92 Å². The molecule has 1 unspecified atom stereocenters. The lowest BCUT2D eigenvalue weighted by Crippen LogP contribution is -2.51. The molecule has 1 fully saturated rings. The van der Waals surface area contributed by atoms with Gasteiger partial charge in [-0.3, -0.25) is 4.90 Å². The number of likely N-dealkylation sites (tertiary alicyclic amines) is 1. The van der Waals surface area contributed by atoms with Gasteiger partial charge in [0.1, 0.15) is 0 Å². The monoisotopic (exact) mass is 156 g/mol. The van der Waals surface area contributed by atoms with Gasteiger partial charge in [0.2, 0.25) is 0 Å². The molecule has 0 aliphatic carbocycles. The van der Waals surface area contributed by atoms with Crippen molar-refractivity contribution in [1.29, 1.82) is 0 Å². The van der Waals surface area contributed by atoms with Crippen molar-refractivity contribution >= 4 is 0 Å². The van der Waals surface area contributed by atoms with Crippen molar-refractivity contribution in [2.24, 2.45) is 11.7 Å². The predicted octanol–water partition coefficient (Wildman–Crippen LogP) is 1.07. The summed E-state index contributed by atoms with van der Waals surface area (Å²) in [5.74, 6) is 0.918. The molecule has 0 bridgehead atoms. The van der Waals surface area contributed by atoms with E-state index in [-0.39, 0.29) is 0 Å². The van der Waals surface area contributed by atoms with E-state index in [1.165, 1.54) is 25.9 Å². The average molecular weight is 156 g/mol. The molecule has 0 spiro atoms. The Kier molecular flexibility index (Phi) is 3.34. The van der Waals surface area contributed by atoms with Gasteiger partial charge in [0.05, 0.1) is 0 Å². The van der Waals surface area contributed by atoms with Crippen molar-refractivity contribution in [2.75, 3.05) is 19.6 Å². The van der Waals surface area contributed by atoms with Crippen LogP contribution in [0.3, 0.4) is 0 Å². The average Bonchev–Trinajstić information content (AvgIpc) is 1.95. The smallest absolute Gasteiger partial charge is 0.0105 e. The van der Waals surface area contributed by atoms with Crippen molar-refractivity contribution < 1.29 is 0 Å². The van der Waals surface area contributed by atoms with E-state index in [0.717, 1.165) is 18.5 Å². The third-order valence-corrected chi connectivity index (χ3v) is 2.58. The Morgan fingerprint density at radius 3 is 2.55 bits per heavy atom. The van der Waals surface area contributed by atoms with Gasteiger partial charge in [-0.2, -0.15) is 0 Å². The van der Waals surface area contributed by atoms with Crippen molar-refractivity contribution in [3.8, 4) is 0 Å². The van der Waals surface area contributed by atoms with Gasteiger partial charge in [0.15, 0.2) is 0 Å². The minimum atomic E-state index is 0.760. The number of hydrogen-bond acceptors (Lipinski definition) is 2. The highest BCUT2D eigenvalue weighted by Gasteiger charge is 2.27. The van der Waals surface area contributed by atoms with Gasteiger partial charge in [0.25, 0.3) is 0 Å². The fourth-order valence-electron chi connectivity index (χ4n) is 1.88. The summed E-state index contributed by atoms with van der Waals surface area (Å²) in [5.41, 5.74) is 5.53. The van der Waals surface area contributed by atoms with Crippen molar-refractivity contribution in [3.05, 3.63) is 0 Å². The van der Waals surface area contributed by atoms with E-state index in [2.05, 4.69) is 18.7 Å². The summed E-state index contributed by atoms with van der Waals surface area (Å²) < 4.78 is 0. The van der Waals surface area contributed by atoms with Crippen molar-refractivity contribution in [3.63, 3.8) is 0 Å². The molecular formula is C9H20N2. The Morgan fingerprint density at radius 2 is 2.18 bits per heavy atom. The Bertz CT molecular complexity index is 108. The van der Waals surface area contributed by atoms with Crippen molar-refractivity contribution in [1.82, 2.24) is 4.90 Å². The molecule has 0 radical (unpaired) electrons. The zero-order chi connectivity index (χ0) is 8.27. The minimum Gasteiger partial charge on any atom is -0.330 e. The molecule has 1 heterocycles. The molecule has 2 N–H and O–H groups in total. The van der Waals surface area contributed by atoms with Gasteiger partial charge in [-0.1, -0.05) is 13.8 Å². The summed E-state index contributed by atoms with van der Waals surface area (Å²) in [6.45, 7) is 7.98. The molecule has 0 aromatic rings. The maximum atomic E-state index is 5.53. The van der Waals surface area contributed by atoms with Crippen LogP contribution >= 0.6 is 0 Å². The van der Waals surface area contributed by atoms with Gasteiger partial charge in [-0.05, 0) is 25.3 Å². The number of nitrogens with two attached hydrogens (primary N) is 1. The van der Waals surface area contributed by atoms with E-state index in [0.29, 0.717) is 0 Å². The van der Waals surface area contributed by atoms with Crippen LogP contribution in [0.1, 0.15) is 26.7 Å². The Balaban J connectivity index is 2.20. The summed E-state index contributed by atoms with van der Waals surface area (Å²) in [4.78, 5) is 2.55. The second-order valence-corrected chi connectivity index (χ2v) is 3.70. The maximum absolute atomic E-state index is 5.53. The highest BCUT2D eigenvalue weighted by Crippen LogP contribution is 2.20. The molecule has 0 amide bonds. The fourth-order valence-corrected chi connectivity index (χ4v) is 1.88. The Labute approximate surface area is 69.8 Å². The Hall–Kier alpha value is -0.0800. The lowest BCUT2D eigenvalue weighted by molar-refractivity contribution is 0.0571. The van der Waals surface area contributed by atoms with Crippen LogP contribution in [-0.2, 0) is 0 Å². The topological polar surface area (TPSA) is 29.3 Å². The SMILES string of the molecule is CCC(CCN)N1CC(C)C1. The van der Waals surface area contributed by atoms with E-state index in [1.54, 1.807) is 0 Å². The second kappa shape index (κ2) is 4.07. The zero-order valence-corrected chi connectivity index (χ0v) is 7.71. The van der Waals surface area contributed by atoms with Gasteiger partial charge < -0.3 is 5.73 Å². The molecular weight excluding hydrogens is 136 g/mol. The Morgan fingerprint density at radius 1 is 1.55 bits per heavy atom. The summed E-state index contributed by atoms with van der Waals surface area (Å²) in [5, 5.41) is 0. The quantitative estimate of drug-likeness (QED) is 0.659. The van der Waals surface area contributed by atoms with Crippen LogP contribution in [0.4, 0.5) is 0 Å². The first-order valence-electron chi connectivity index (χ1n) is 4.72. The fraction of sp³-hybridized carbons (Fsp3) is 1.00. The molecule has 1 atom stereocenters.